The molecule has 0 radical (unpaired) electrons. The summed E-state index contributed by atoms with van der Waals surface area (Å²) in [6.45, 7) is 0.369. The average Bonchev–Trinajstić information content (AvgIpc) is 2.53. The fourth-order valence-corrected chi connectivity index (χ4v) is 2.21. The third-order valence-corrected chi connectivity index (χ3v) is 3.28. The lowest BCUT2D eigenvalue weighted by Crippen LogP contribution is -2.14. The number of hydrogen-bond acceptors (Lipinski definition) is 3. The number of hydrogen-bond donors (Lipinski definition) is 2. The molecule has 0 amide bonds. The zero-order valence-corrected chi connectivity index (χ0v) is 11.4. The number of ether oxygens (including phenoxy) is 1. The normalized spacial score (nSPS) is 10.5. The van der Waals surface area contributed by atoms with Gasteiger partial charge in [0.2, 0.25) is 0 Å². The molecule has 3 aromatic rings. The van der Waals surface area contributed by atoms with Crippen LogP contribution in [0, 0.1) is 5.41 Å². The van der Waals surface area contributed by atoms with Crippen molar-refractivity contribution >= 4 is 16.7 Å². The summed E-state index contributed by atoms with van der Waals surface area (Å²) in [6, 6.07) is 17.2. The summed E-state index contributed by atoms with van der Waals surface area (Å²) in [7, 11) is 0. The number of aromatic nitrogens is 1. The van der Waals surface area contributed by atoms with Crippen LogP contribution < -0.4 is 10.5 Å². The molecule has 2 aromatic carbocycles. The van der Waals surface area contributed by atoms with E-state index in [1.54, 1.807) is 6.20 Å². The van der Waals surface area contributed by atoms with E-state index in [0.29, 0.717) is 12.2 Å². The highest BCUT2D eigenvalue weighted by atomic mass is 16.5. The molecule has 4 heteroatoms. The largest absolute Gasteiger partial charge is 0.489 e. The van der Waals surface area contributed by atoms with E-state index in [0.717, 1.165) is 22.2 Å². The predicted octanol–water partition coefficient (Wildman–Crippen LogP) is 3.10. The van der Waals surface area contributed by atoms with Crippen LogP contribution in [-0.4, -0.2) is 10.8 Å². The van der Waals surface area contributed by atoms with E-state index >= 15 is 0 Å². The summed E-state index contributed by atoms with van der Waals surface area (Å²) in [6.07, 6.45) is 1.76. The summed E-state index contributed by atoms with van der Waals surface area (Å²) in [5.74, 6) is 0.800. The monoisotopic (exact) mass is 277 g/mol. The molecular formula is C17H15N3O. The maximum Gasteiger partial charge on any atom is 0.123 e. The minimum absolute atomic E-state index is 0.0504. The van der Waals surface area contributed by atoms with Crippen LogP contribution in [0.1, 0.15) is 11.1 Å². The van der Waals surface area contributed by atoms with E-state index in [-0.39, 0.29) is 5.84 Å². The van der Waals surface area contributed by atoms with E-state index in [1.165, 1.54) is 0 Å². The summed E-state index contributed by atoms with van der Waals surface area (Å²) in [4.78, 5) is 4.31. The van der Waals surface area contributed by atoms with E-state index < -0.39 is 0 Å². The summed E-state index contributed by atoms with van der Waals surface area (Å²) in [5, 5.41) is 8.66. The number of nitrogens with one attached hydrogen (secondary N) is 1. The van der Waals surface area contributed by atoms with Crippen molar-refractivity contribution in [3.05, 3.63) is 71.9 Å². The number of fused-ring (bicyclic) bond motifs is 1. The van der Waals surface area contributed by atoms with Gasteiger partial charge in [-0.25, -0.2) is 0 Å². The Morgan fingerprint density at radius 3 is 2.81 bits per heavy atom. The van der Waals surface area contributed by atoms with Crippen LogP contribution in [0.4, 0.5) is 0 Å². The van der Waals surface area contributed by atoms with E-state index in [1.807, 2.05) is 54.6 Å². The van der Waals surface area contributed by atoms with Crippen molar-refractivity contribution in [1.29, 1.82) is 5.41 Å². The number of nitrogen functional groups attached to an aromatic ring is 1. The molecule has 0 unspecified atom stereocenters. The Hall–Kier alpha value is -2.88. The Morgan fingerprint density at radius 1 is 1.10 bits per heavy atom. The third-order valence-electron chi connectivity index (χ3n) is 3.28. The molecule has 0 aliphatic heterocycles. The maximum absolute atomic E-state index is 7.58. The molecule has 0 aliphatic carbocycles. The first kappa shape index (κ1) is 13.1. The molecule has 0 saturated heterocycles. The number of nitrogens with two attached hydrogens (primary N) is 1. The topological polar surface area (TPSA) is 72.0 Å². The molecule has 0 bridgehead atoms. The van der Waals surface area contributed by atoms with Gasteiger partial charge in [0, 0.05) is 28.8 Å². The number of amidine groups is 1. The van der Waals surface area contributed by atoms with E-state index in [9.17, 15) is 0 Å². The van der Waals surface area contributed by atoms with Gasteiger partial charge in [-0.1, -0.05) is 30.3 Å². The molecule has 21 heavy (non-hydrogen) atoms. The summed E-state index contributed by atoms with van der Waals surface area (Å²) >= 11 is 0. The van der Waals surface area contributed by atoms with Crippen molar-refractivity contribution in [1.82, 2.24) is 4.98 Å². The summed E-state index contributed by atoms with van der Waals surface area (Å²) in [5.41, 5.74) is 8.07. The molecule has 0 saturated carbocycles. The van der Waals surface area contributed by atoms with Gasteiger partial charge in [-0.05, 0) is 18.2 Å². The van der Waals surface area contributed by atoms with Gasteiger partial charge in [-0.3, -0.25) is 10.4 Å². The fraction of sp³-hybridized carbons (Fsp3) is 0.0588. The van der Waals surface area contributed by atoms with Gasteiger partial charge < -0.3 is 10.5 Å². The van der Waals surface area contributed by atoms with Gasteiger partial charge in [0.25, 0.3) is 0 Å². The van der Waals surface area contributed by atoms with Gasteiger partial charge in [0.1, 0.15) is 18.2 Å². The lowest BCUT2D eigenvalue weighted by Gasteiger charge is -2.10. The highest BCUT2D eigenvalue weighted by Crippen LogP contribution is 2.20. The van der Waals surface area contributed by atoms with Gasteiger partial charge in [-0.2, -0.15) is 0 Å². The first-order valence-corrected chi connectivity index (χ1v) is 6.64. The Labute approximate surface area is 122 Å². The standard InChI is InChI=1S/C17H15N3O/c18-17(19)15-6-2-1-4-13(15)11-21-14-8-7-12-5-3-9-20-16(12)10-14/h1-10H,11H2,(H3,18,19). The van der Waals surface area contributed by atoms with Crippen molar-refractivity contribution in [3.63, 3.8) is 0 Å². The third kappa shape index (κ3) is 2.84. The van der Waals surface area contributed by atoms with Gasteiger partial charge in [0.05, 0.1) is 5.52 Å². The molecule has 0 aliphatic rings. The first-order valence-electron chi connectivity index (χ1n) is 6.64. The van der Waals surface area contributed by atoms with Crippen molar-refractivity contribution in [2.45, 2.75) is 6.61 Å². The number of benzene rings is 2. The predicted molar refractivity (Wildman–Crippen MR) is 83.5 cm³/mol. The van der Waals surface area contributed by atoms with Crippen LogP contribution >= 0.6 is 0 Å². The van der Waals surface area contributed by atoms with E-state index in [4.69, 9.17) is 15.9 Å². The molecule has 0 atom stereocenters. The van der Waals surface area contributed by atoms with Gasteiger partial charge >= 0.3 is 0 Å². The first-order chi connectivity index (χ1) is 10.2. The highest BCUT2D eigenvalue weighted by molar-refractivity contribution is 5.96. The minimum Gasteiger partial charge on any atom is -0.489 e. The van der Waals surface area contributed by atoms with Crippen LogP contribution in [-0.2, 0) is 6.61 Å². The molecule has 104 valence electrons. The van der Waals surface area contributed by atoms with Crippen LogP contribution in [0.3, 0.4) is 0 Å². The Balaban J connectivity index is 1.82. The summed E-state index contributed by atoms with van der Waals surface area (Å²) < 4.78 is 5.80. The molecule has 4 nitrogen and oxygen atoms in total. The molecule has 1 aromatic heterocycles. The highest BCUT2D eigenvalue weighted by Gasteiger charge is 2.05. The van der Waals surface area contributed by atoms with Gasteiger partial charge in [-0.15, -0.1) is 0 Å². The smallest absolute Gasteiger partial charge is 0.123 e. The lowest BCUT2D eigenvalue weighted by molar-refractivity contribution is 0.306. The zero-order chi connectivity index (χ0) is 14.7. The Bertz CT molecular complexity index is 799. The van der Waals surface area contributed by atoms with Crippen LogP contribution in [0.2, 0.25) is 0 Å². The zero-order valence-electron chi connectivity index (χ0n) is 11.4. The van der Waals surface area contributed by atoms with Gasteiger partial charge in [0.15, 0.2) is 0 Å². The number of nitrogens with zero attached hydrogens (tertiary/aromatic N) is 1. The SMILES string of the molecule is N=C(N)c1ccccc1COc1ccc2cccnc2c1. The van der Waals surface area contributed by atoms with Crippen LogP contribution in [0.15, 0.2) is 60.8 Å². The molecule has 1 heterocycles. The molecule has 0 fully saturated rings. The van der Waals surface area contributed by atoms with Crippen molar-refractivity contribution < 1.29 is 4.74 Å². The van der Waals surface area contributed by atoms with Crippen LogP contribution in [0.5, 0.6) is 5.75 Å². The lowest BCUT2D eigenvalue weighted by atomic mass is 10.1. The van der Waals surface area contributed by atoms with Crippen molar-refractivity contribution in [2.24, 2.45) is 5.73 Å². The quantitative estimate of drug-likeness (QED) is 0.568. The van der Waals surface area contributed by atoms with E-state index in [2.05, 4.69) is 4.98 Å². The average molecular weight is 277 g/mol. The Kier molecular flexibility index (Phi) is 3.51. The van der Waals surface area contributed by atoms with Crippen LogP contribution in [0.25, 0.3) is 10.9 Å². The fourth-order valence-electron chi connectivity index (χ4n) is 2.21. The number of pyridine rings is 1. The molecule has 0 spiro atoms. The molecule has 3 rings (SSSR count). The Morgan fingerprint density at radius 2 is 1.95 bits per heavy atom. The minimum atomic E-state index is 0.0504. The second kappa shape index (κ2) is 5.63. The second-order valence-corrected chi connectivity index (χ2v) is 4.72. The van der Waals surface area contributed by atoms with Crippen molar-refractivity contribution in [2.75, 3.05) is 0 Å². The molecular weight excluding hydrogens is 262 g/mol. The molecule has 3 N–H and O–H groups in total. The maximum atomic E-state index is 7.58. The number of rotatable bonds is 4. The second-order valence-electron chi connectivity index (χ2n) is 4.72. The van der Waals surface area contributed by atoms with Crippen molar-refractivity contribution in [3.8, 4) is 5.75 Å².